The Labute approximate surface area is 191 Å². The maximum atomic E-state index is 13.0. The van der Waals surface area contributed by atoms with Gasteiger partial charge in [0.2, 0.25) is 10.0 Å². The summed E-state index contributed by atoms with van der Waals surface area (Å²) in [6.45, 7) is 0.461. The van der Waals surface area contributed by atoms with Crippen molar-refractivity contribution >= 4 is 21.6 Å². The lowest BCUT2D eigenvalue weighted by molar-refractivity contribution is -0.127. The van der Waals surface area contributed by atoms with Gasteiger partial charge in [-0.3, -0.25) is 9.10 Å². The van der Waals surface area contributed by atoms with Crippen LogP contribution in [0.4, 0.5) is 10.1 Å². The van der Waals surface area contributed by atoms with Crippen molar-refractivity contribution in [2.24, 2.45) is 0 Å². The smallest absolute Gasteiger partial charge is 0.263 e. The van der Waals surface area contributed by atoms with Gasteiger partial charge < -0.3 is 14.8 Å². The van der Waals surface area contributed by atoms with Gasteiger partial charge in [0.25, 0.3) is 5.91 Å². The third-order valence-corrected chi connectivity index (χ3v) is 6.28. The van der Waals surface area contributed by atoms with Gasteiger partial charge in [0, 0.05) is 6.54 Å². The van der Waals surface area contributed by atoms with Crippen LogP contribution >= 0.6 is 0 Å². The number of benzene rings is 3. The van der Waals surface area contributed by atoms with E-state index in [4.69, 9.17) is 9.47 Å². The van der Waals surface area contributed by atoms with E-state index in [0.29, 0.717) is 23.8 Å². The first-order valence-corrected chi connectivity index (χ1v) is 12.1. The first-order chi connectivity index (χ1) is 15.8. The summed E-state index contributed by atoms with van der Waals surface area (Å²) >= 11 is 0. The van der Waals surface area contributed by atoms with Gasteiger partial charge >= 0.3 is 0 Å². The number of carbonyl (C=O) groups is 1. The highest BCUT2D eigenvalue weighted by molar-refractivity contribution is 7.92. The molecule has 1 heterocycles. The van der Waals surface area contributed by atoms with E-state index < -0.39 is 22.0 Å². The number of nitrogens with one attached hydrogen (secondary N) is 1. The molecular weight excluding hydrogens is 447 g/mol. The highest BCUT2D eigenvalue weighted by Crippen LogP contribution is 2.34. The molecule has 0 unspecified atom stereocenters. The van der Waals surface area contributed by atoms with Crippen LogP contribution in [0.25, 0.3) is 0 Å². The Morgan fingerprint density at radius 3 is 2.42 bits per heavy atom. The molecule has 3 aromatic carbocycles. The predicted octanol–water partition coefficient (Wildman–Crippen LogP) is 3.25. The molecule has 0 saturated heterocycles. The van der Waals surface area contributed by atoms with Gasteiger partial charge in [0.1, 0.15) is 23.9 Å². The highest BCUT2D eigenvalue weighted by atomic mass is 32.2. The van der Waals surface area contributed by atoms with E-state index in [0.717, 1.165) is 17.4 Å². The lowest BCUT2D eigenvalue weighted by Gasteiger charge is -2.33. The Balaban J connectivity index is 1.33. The fourth-order valence-corrected chi connectivity index (χ4v) is 4.32. The molecule has 0 spiro atoms. The van der Waals surface area contributed by atoms with Gasteiger partial charge in [-0.2, -0.15) is 0 Å². The summed E-state index contributed by atoms with van der Waals surface area (Å²) in [6.07, 6.45) is 0.136. The lowest BCUT2D eigenvalue weighted by atomic mass is 10.2. The zero-order valence-electron chi connectivity index (χ0n) is 17.9. The molecule has 0 radical (unpaired) electrons. The molecule has 9 heteroatoms. The predicted molar refractivity (Wildman–Crippen MR) is 122 cm³/mol. The number of hydrogen-bond acceptors (Lipinski definition) is 5. The summed E-state index contributed by atoms with van der Waals surface area (Å²) < 4.78 is 50.0. The van der Waals surface area contributed by atoms with Crippen LogP contribution in [-0.4, -0.2) is 33.2 Å². The zero-order valence-corrected chi connectivity index (χ0v) is 18.7. The van der Waals surface area contributed by atoms with Crippen LogP contribution in [0.5, 0.6) is 11.5 Å². The molecule has 3 aromatic rings. The molecule has 4 rings (SSSR count). The van der Waals surface area contributed by atoms with Crippen molar-refractivity contribution in [3.05, 3.63) is 89.7 Å². The van der Waals surface area contributed by atoms with Gasteiger partial charge in [0.05, 0.1) is 18.5 Å². The molecule has 0 saturated carbocycles. The maximum absolute atomic E-state index is 13.0. The second-order valence-electron chi connectivity index (χ2n) is 7.65. The first kappa shape index (κ1) is 22.6. The second kappa shape index (κ2) is 9.50. The van der Waals surface area contributed by atoms with E-state index in [1.54, 1.807) is 48.5 Å². The van der Waals surface area contributed by atoms with Gasteiger partial charge in [-0.05, 0) is 47.5 Å². The molecule has 0 aliphatic carbocycles. The number of anilines is 1. The topological polar surface area (TPSA) is 84.9 Å². The number of halogens is 1. The van der Waals surface area contributed by atoms with Crippen molar-refractivity contribution in [3.63, 3.8) is 0 Å². The summed E-state index contributed by atoms with van der Waals surface area (Å²) in [5.41, 5.74) is 2.11. The quantitative estimate of drug-likeness (QED) is 0.573. The number of ether oxygens (including phenoxy) is 2. The van der Waals surface area contributed by atoms with Crippen molar-refractivity contribution < 1.29 is 27.1 Å². The molecule has 33 heavy (non-hydrogen) atoms. The Kier molecular flexibility index (Phi) is 6.50. The summed E-state index contributed by atoms with van der Waals surface area (Å²) in [4.78, 5) is 12.7. The van der Waals surface area contributed by atoms with Gasteiger partial charge in [-0.25, -0.2) is 12.8 Å². The summed E-state index contributed by atoms with van der Waals surface area (Å²) in [5, 5.41) is 2.79. The number of sulfonamides is 1. The van der Waals surface area contributed by atoms with Crippen LogP contribution < -0.4 is 19.1 Å². The van der Waals surface area contributed by atoms with Crippen LogP contribution in [0.3, 0.4) is 0 Å². The largest absolute Gasteiger partial charge is 0.489 e. The monoisotopic (exact) mass is 470 g/mol. The molecule has 1 amide bonds. The minimum atomic E-state index is -3.56. The average Bonchev–Trinajstić information content (AvgIpc) is 2.81. The summed E-state index contributed by atoms with van der Waals surface area (Å²) in [6, 6.07) is 20.0. The molecule has 0 bridgehead atoms. The first-order valence-electron chi connectivity index (χ1n) is 10.3. The van der Waals surface area contributed by atoms with Crippen molar-refractivity contribution in [1.29, 1.82) is 0 Å². The lowest BCUT2D eigenvalue weighted by Crippen LogP contribution is -2.50. The molecule has 0 fully saturated rings. The van der Waals surface area contributed by atoms with E-state index in [1.807, 2.05) is 12.1 Å². The minimum Gasteiger partial charge on any atom is -0.489 e. The minimum absolute atomic E-state index is 0.0994. The normalized spacial score (nSPS) is 15.3. The Hall–Kier alpha value is -3.59. The van der Waals surface area contributed by atoms with Gasteiger partial charge in [-0.15, -0.1) is 0 Å². The SMILES string of the molecule is CS(=O)(=O)N1C[C@@H](C(=O)NCc2ccc(OCc3ccc(F)cc3)cc2)Oc2ccccc21. The Morgan fingerprint density at radius 1 is 1.06 bits per heavy atom. The van der Waals surface area contributed by atoms with Crippen LogP contribution in [0.15, 0.2) is 72.8 Å². The molecular formula is C24H23FN2O5S. The van der Waals surface area contributed by atoms with Gasteiger partial charge in [0.15, 0.2) is 6.10 Å². The molecule has 172 valence electrons. The molecule has 0 aromatic heterocycles. The standard InChI is InChI=1S/C24H23FN2O5S/c1-33(29,30)27-15-23(32-22-5-3-2-4-21(22)27)24(28)26-14-17-8-12-20(13-9-17)31-16-18-6-10-19(25)11-7-18/h2-13,23H,14-16H2,1H3,(H,26,28)/t23-/m0/s1. The van der Waals surface area contributed by atoms with Crippen molar-refractivity contribution in [2.45, 2.75) is 19.3 Å². The van der Waals surface area contributed by atoms with Gasteiger partial charge in [-0.1, -0.05) is 36.4 Å². The van der Waals surface area contributed by atoms with E-state index in [1.165, 1.54) is 16.4 Å². The third kappa shape index (κ3) is 5.61. The molecule has 1 atom stereocenters. The number of para-hydroxylation sites is 2. The number of hydrogen-bond donors (Lipinski definition) is 1. The van der Waals surface area contributed by atoms with Crippen molar-refractivity contribution in [1.82, 2.24) is 5.32 Å². The Morgan fingerprint density at radius 2 is 1.73 bits per heavy atom. The number of carbonyl (C=O) groups excluding carboxylic acids is 1. The fourth-order valence-electron chi connectivity index (χ4n) is 3.41. The maximum Gasteiger partial charge on any atom is 0.263 e. The number of rotatable bonds is 7. The van der Waals surface area contributed by atoms with E-state index in [9.17, 15) is 17.6 Å². The van der Waals surface area contributed by atoms with Crippen LogP contribution in [0.2, 0.25) is 0 Å². The second-order valence-corrected chi connectivity index (χ2v) is 9.55. The third-order valence-electron chi connectivity index (χ3n) is 5.14. The van der Waals surface area contributed by atoms with Crippen LogP contribution in [-0.2, 0) is 28.0 Å². The average molecular weight is 471 g/mol. The van der Waals surface area contributed by atoms with Crippen LogP contribution in [0, 0.1) is 5.82 Å². The summed E-state index contributed by atoms with van der Waals surface area (Å²) in [5.74, 6) is 0.286. The molecule has 7 nitrogen and oxygen atoms in total. The van der Waals surface area contributed by atoms with Crippen LogP contribution in [0.1, 0.15) is 11.1 Å². The number of nitrogens with zero attached hydrogens (tertiary/aromatic N) is 1. The number of amides is 1. The van der Waals surface area contributed by atoms with Crippen molar-refractivity contribution in [2.75, 3.05) is 17.1 Å². The highest BCUT2D eigenvalue weighted by Gasteiger charge is 2.34. The number of fused-ring (bicyclic) bond motifs is 1. The fraction of sp³-hybridized carbons (Fsp3) is 0.208. The Bertz CT molecular complexity index is 1230. The zero-order chi connectivity index (χ0) is 23.4. The van der Waals surface area contributed by atoms with E-state index in [2.05, 4.69) is 5.32 Å². The molecule has 1 aliphatic rings. The van der Waals surface area contributed by atoms with E-state index >= 15 is 0 Å². The molecule has 1 aliphatic heterocycles. The van der Waals surface area contributed by atoms with Crippen molar-refractivity contribution in [3.8, 4) is 11.5 Å². The van der Waals surface area contributed by atoms with E-state index in [-0.39, 0.29) is 18.9 Å². The molecule has 1 N–H and O–H groups in total. The summed E-state index contributed by atoms with van der Waals surface area (Å²) in [7, 11) is -3.56.